The number of carbonyl (C=O) groups is 1. The van der Waals surface area contributed by atoms with E-state index < -0.39 is 39.5 Å². The van der Waals surface area contributed by atoms with E-state index in [1.54, 1.807) is 20.8 Å². The lowest BCUT2D eigenvalue weighted by molar-refractivity contribution is -0.189. The summed E-state index contributed by atoms with van der Waals surface area (Å²) in [6.07, 6.45) is -4.45. The molecular formula is C18H28F3NO5S. The quantitative estimate of drug-likeness (QED) is 0.700. The molecule has 10 heteroatoms. The second-order valence-electron chi connectivity index (χ2n) is 7.53. The predicted molar refractivity (Wildman–Crippen MR) is 105 cm³/mol. The number of amides is 1. The second kappa shape index (κ2) is 9.15. The van der Waals surface area contributed by atoms with Crippen molar-refractivity contribution < 1.29 is 36.6 Å². The summed E-state index contributed by atoms with van der Waals surface area (Å²) in [6, 6.07) is 5.31. The monoisotopic (exact) mass is 427 g/mol. The van der Waals surface area contributed by atoms with Crippen molar-refractivity contribution in [1.82, 2.24) is 0 Å². The Morgan fingerprint density at radius 2 is 1.64 bits per heavy atom. The van der Waals surface area contributed by atoms with Crippen molar-refractivity contribution in [1.29, 1.82) is 0 Å². The second-order valence-corrected chi connectivity index (χ2v) is 9.62. The van der Waals surface area contributed by atoms with Crippen molar-refractivity contribution in [3.05, 3.63) is 29.8 Å². The highest BCUT2D eigenvalue weighted by atomic mass is 32.2. The Morgan fingerprint density at radius 3 is 2.04 bits per heavy atom. The number of ether oxygens (including phenoxy) is 1. The van der Waals surface area contributed by atoms with Crippen LogP contribution in [0.15, 0.2) is 24.3 Å². The molecule has 2 unspecified atom stereocenters. The van der Waals surface area contributed by atoms with E-state index in [4.69, 9.17) is 8.92 Å². The number of benzene rings is 1. The van der Waals surface area contributed by atoms with Gasteiger partial charge in [0.1, 0.15) is 5.60 Å². The zero-order valence-corrected chi connectivity index (χ0v) is 17.4. The van der Waals surface area contributed by atoms with E-state index in [0.29, 0.717) is 5.69 Å². The minimum absolute atomic E-state index is 0. The summed E-state index contributed by atoms with van der Waals surface area (Å²) in [5.41, 5.74) is -2.59. The van der Waals surface area contributed by atoms with Crippen LogP contribution >= 0.6 is 0 Å². The largest absolute Gasteiger partial charge is 0.444 e. The van der Waals surface area contributed by atoms with Gasteiger partial charge in [0.2, 0.25) is 0 Å². The molecule has 0 bridgehead atoms. The summed E-state index contributed by atoms with van der Waals surface area (Å²) in [4.78, 5) is 11.7. The maximum absolute atomic E-state index is 13.7. The van der Waals surface area contributed by atoms with E-state index in [9.17, 15) is 22.2 Å². The Morgan fingerprint density at radius 1 is 1.14 bits per heavy atom. The summed E-state index contributed by atoms with van der Waals surface area (Å²) in [6.45, 7) is 5.80. The average molecular weight is 427 g/mol. The van der Waals surface area contributed by atoms with Gasteiger partial charge in [0.05, 0.1) is 21.8 Å². The number of rotatable bonds is 6. The molecule has 28 heavy (non-hydrogen) atoms. The van der Waals surface area contributed by atoms with Gasteiger partial charge in [0.15, 0.2) is 0 Å². The minimum atomic E-state index is -4.55. The molecule has 0 saturated heterocycles. The molecule has 162 valence electrons. The molecule has 0 aliphatic heterocycles. The first-order valence-electron chi connectivity index (χ1n) is 8.17. The van der Waals surface area contributed by atoms with E-state index in [1.807, 2.05) is 0 Å². The van der Waals surface area contributed by atoms with Crippen LogP contribution in [-0.4, -0.2) is 46.3 Å². The van der Waals surface area contributed by atoms with Gasteiger partial charge in [-0.2, -0.15) is 13.2 Å². The van der Waals surface area contributed by atoms with Gasteiger partial charge in [-0.1, -0.05) is 12.1 Å². The van der Waals surface area contributed by atoms with E-state index in [2.05, 4.69) is 11.2 Å². The standard InChI is InChI=1S/C18H26F3NO4S.H2O/c1-16(2,3)26-15(23)22-14-9-7-13(8-10-14)17(4,18(19,20)21)11-12-25-27(5,6)24;/h7-10H,5,11-12H2,1-4,6H3,(H,22,23);1H2. The molecule has 1 amide bonds. The maximum Gasteiger partial charge on any atom is 0.412 e. The van der Waals surface area contributed by atoms with Gasteiger partial charge in [-0.05, 0) is 57.7 Å². The van der Waals surface area contributed by atoms with Crippen molar-refractivity contribution in [3.8, 4) is 0 Å². The summed E-state index contributed by atoms with van der Waals surface area (Å²) < 4.78 is 62.5. The molecule has 0 aliphatic carbocycles. The first-order chi connectivity index (χ1) is 12.0. The van der Waals surface area contributed by atoms with Crippen LogP contribution in [0.4, 0.5) is 23.7 Å². The van der Waals surface area contributed by atoms with Crippen LogP contribution < -0.4 is 5.32 Å². The number of carbonyl (C=O) groups excluding carboxylic acids is 1. The molecule has 0 spiro atoms. The van der Waals surface area contributed by atoms with Crippen LogP contribution in [-0.2, 0) is 24.1 Å². The van der Waals surface area contributed by atoms with Crippen LogP contribution in [0.1, 0.15) is 39.7 Å². The van der Waals surface area contributed by atoms with Gasteiger partial charge >= 0.3 is 12.3 Å². The van der Waals surface area contributed by atoms with Crippen LogP contribution in [0.2, 0.25) is 0 Å². The highest BCUT2D eigenvalue weighted by molar-refractivity contribution is 7.95. The SMILES string of the molecule is C=S(C)(=O)OCCC(C)(c1ccc(NC(=O)OC(C)(C)C)cc1)C(F)(F)F.O. The third-order valence-corrected chi connectivity index (χ3v) is 4.39. The van der Waals surface area contributed by atoms with Gasteiger partial charge in [-0.25, -0.2) is 9.00 Å². The minimum Gasteiger partial charge on any atom is -0.444 e. The van der Waals surface area contributed by atoms with Gasteiger partial charge in [0.25, 0.3) is 0 Å². The predicted octanol–water partition coefficient (Wildman–Crippen LogP) is 3.70. The van der Waals surface area contributed by atoms with Crippen molar-refractivity contribution in [2.75, 3.05) is 18.2 Å². The van der Waals surface area contributed by atoms with Crippen LogP contribution in [0.25, 0.3) is 0 Å². The first-order valence-corrected chi connectivity index (χ1v) is 10.2. The molecule has 3 N–H and O–H groups in total. The van der Waals surface area contributed by atoms with Crippen molar-refractivity contribution in [2.45, 2.75) is 51.3 Å². The lowest BCUT2D eigenvalue weighted by Gasteiger charge is -2.32. The van der Waals surface area contributed by atoms with E-state index in [0.717, 1.165) is 6.92 Å². The molecule has 0 saturated carbocycles. The number of halogens is 3. The van der Waals surface area contributed by atoms with E-state index in [-0.39, 0.29) is 17.6 Å². The van der Waals surface area contributed by atoms with Gasteiger partial charge in [-0.3, -0.25) is 9.50 Å². The highest BCUT2D eigenvalue weighted by Gasteiger charge is 2.51. The molecule has 0 heterocycles. The fourth-order valence-electron chi connectivity index (χ4n) is 2.21. The van der Waals surface area contributed by atoms with Crippen LogP contribution in [0, 0.1) is 0 Å². The van der Waals surface area contributed by atoms with E-state index in [1.165, 1.54) is 30.5 Å². The molecule has 0 radical (unpaired) electrons. The summed E-state index contributed by atoms with van der Waals surface area (Å²) in [5.74, 6) is 3.26. The number of hydrogen-bond donors (Lipinski definition) is 1. The normalized spacial score (nSPS) is 16.3. The Labute approximate surface area is 163 Å². The summed E-state index contributed by atoms with van der Waals surface area (Å²) >= 11 is 0. The fraction of sp³-hybridized carbons (Fsp3) is 0.556. The van der Waals surface area contributed by atoms with Crippen molar-refractivity contribution in [2.24, 2.45) is 0 Å². The maximum atomic E-state index is 13.7. The molecule has 1 aromatic rings. The number of alkyl halides is 3. The lowest BCUT2D eigenvalue weighted by atomic mass is 9.79. The molecule has 1 rings (SSSR count). The summed E-state index contributed by atoms with van der Waals surface area (Å²) in [7, 11) is -2.84. The van der Waals surface area contributed by atoms with Gasteiger partial charge < -0.3 is 10.2 Å². The Bertz CT molecular complexity index is 755. The molecule has 0 aliphatic rings. The first kappa shape index (κ1) is 26.2. The fourth-order valence-corrected chi connectivity index (χ4v) is 2.65. The smallest absolute Gasteiger partial charge is 0.412 e. The molecule has 2 atom stereocenters. The molecule has 1 aromatic carbocycles. The summed E-state index contributed by atoms with van der Waals surface area (Å²) in [5, 5.41) is 2.47. The zero-order chi connectivity index (χ0) is 21.1. The number of hydrogen-bond acceptors (Lipinski definition) is 4. The molecule has 0 fully saturated rings. The van der Waals surface area contributed by atoms with Crippen LogP contribution in [0.3, 0.4) is 0 Å². The Kier molecular flexibility index (Phi) is 8.56. The molecule has 0 aromatic heterocycles. The average Bonchev–Trinajstić information content (AvgIpc) is 2.43. The van der Waals surface area contributed by atoms with Crippen LogP contribution in [0.5, 0.6) is 0 Å². The number of nitrogens with one attached hydrogen (secondary N) is 1. The highest BCUT2D eigenvalue weighted by Crippen LogP contribution is 2.43. The van der Waals surface area contributed by atoms with Crippen molar-refractivity contribution in [3.63, 3.8) is 0 Å². The topological polar surface area (TPSA) is 96.1 Å². The lowest BCUT2D eigenvalue weighted by Crippen LogP contribution is -2.40. The molecule has 6 nitrogen and oxygen atoms in total. The third-order valence-electron chi connectivity index (χ3n) is 3.73. The Hall–Kier alpha value is -1.78. The number of anilines is 1. The Balaban J connectivity index is 0.00000729. The zero-order valence-electron chi connectivity index (χ0n) is 16.6. The third kappa shape index (κ3) is 8.07. The molecular weight excluding hydrogens is 399 g/mol. The van der Waals surface area contributed by atoms with Gasteiger partial charge in [-0.15, -0.1) is 0 Å². The van der Waals surface area contributed by atoms with Crippen molar-refractivity contribution >= 4 is 27.5 Å². The van der Waals surface area contributed by atoms with Gasteiger partial charge in [0, 0.05) is 11.9 Å². The van der Waals surface area contributed by atoms with E-state index >= 15 is 0 Å².